The number of hydrogen-bond acceptors (Lipinski definition) is 9. The monoisotopic (exact) mass is 876 g/mol. The number of rotatable bonds is 10. The number of carbonyl (C=O) groups is 4. The first kappa shape index (κ1) is 48.3. The van der Waals surface area contributed by atoms with Crippen molar-refractivity contribution in [3.63, 3.8) is 0 Å². The van der Waals surface area contributed by atoms with Crippen LogP contribution in [-0.4, -0.2) is 49.8 Å². The van der Waals surface area contributed by atoms with Crippen molar-refractivity contribution >= 4 is 51.1 Å². The third-order valence-corrected chi connectivity index (χ3v) is 11.2. The molecule has 6 rings (SSSR count). The van der Waals surface area contributed by atoms with Crippen molar-refractivity contribution in [2.75, 3.05) is 0 Å². The van der Waals surface area contributed by atoms with Gasteiger partial charge in [-0.15, -0.1) is 0 Å². The molecule has 340 valence electrons. The number of hydrazone groups is 1. The number of phenolic OH excluding ortho intramolecular Hbond substituents is 2. The summed E-state index contributed by atoms with van der Waals surface area (Å²) in [5.74, 6) is -3.85. The van der Waals surface area contributed by atoms with Crippen molar-refractivity contribution in [1.29, 1.82) is 0 Å². The van der Waals surface area contributed by atoms with Gasteiger partial charge in [0.15, 0.2) is 5.84 Å². The second-order valence-electron chi connectivity index (χ2n) is 20.5. The van der Waals surface area contributed by atoms with Gasteiger partial charge in [-0.05, 0) is 86.1 Å². The molecule has 2 heterocycles. The maximum absolute atomic E-state index is 13.9. The summed E-state index contributed by atoms with van der Waals surface area (Å²) in [6, 6.07) is 11.0. The molecule has 15 nitrogen and oxygen atoms in total. The molecule has 0 saturated heterocycles. The molecule has 9 N–H and O–H groups in total. The van der Waals surface area contributed by atoms with E-state index in [1.165, 1.54) is 12.1 Å². The van der Waals surface area contributed by atoms with Crippen LogP contribution >= 0.6 is 0 Å². The number of hydrazine groups is 1. The number of nitrogens with one attached hydrogen (secondary N) is 4. The number of fused-ring (bicyclic) bond motifs is 3. The second-order valence-corrected chi connectivity index (χ2v) is 20.5. The molecule has 64 heavy (non-hydrogen) atoms. The molecule has 6 aromatic rings. The fourth-order valence-corrected chi connectivity index (χ4v) is 7.77. The molecular formula is C49H60N6O9. The van der Waals surface area contributed by atoms with E-state index in [1.54, 1.807) is 0 Å². The number of hydrogen-bond donors (Lipinski definition) is 8. The number of H-pyrrole nitrogens is 1. The number of aromatic carboxylic acids is 1. The zero-order valence-electron chi connectivity index (χ0n) is 38.7. The Hall–Kier alpha value is -6.77. The van der Waals surface area contributed by atoms with E-state index in [0.717, 1.165) is 39.4 Å². The molecule has 4 aromatic carbocycles. The summed E-state index contributed by atoms with van der Waals surface area (Å²) in [6.07, 6.45) is 0.380. The first-order valence-electron chi connectivity index (χ1n) is 21.1. The number of benzene rings is 4. The lowest BCUT2D eigenvalue weighted by atomic mass is 9.78. The Kier molecular flexibility index (Phi) is 13.1. The van der Waals surface area contributed by atoms with E-state index < -0.39 is 46.2 Å². The lowest BCUT2D eigenvalue weighted by Gasteiger charge is -2.28. The number of carboxylic acids is 1. The zero-order valence-corrected chi connectivity index (χ0v) is 38.7. The fraction of sp³-hybridized carbons (Fsp3) is 0.408. The minimum absolute atomic E-state index is 0.0662. The van der Waals surface area contributed by atoms with Crippen molar-refractivity contribution in [3.8, 4) is 11.5 Å². The molecule has 0 spiro atoms. The number of carbonyl (C=O) groups excluding carboxylic acids is 3. The maximum atomic E-state index is 13.9. The lowest BCUT2D eigenvalue weighted by molar-refractivity contribution is -0.122. The van der Waals surface area contributed by atoms with Gasteiger partial charge in [0.2, 0.25) is 11.8 Å². The van der Waals surface area contributed by atoms with Gasteiger partial charge < -0.3 is 21.1 Å². The molecule has 0 radical (unpaired) electrons. The van der Waals surface area contributed by atoms with Crippen molar-refractivity contribution in [3.05, 3.63) is 113 Å². The van der Waals surface area contributed by atoms with Crippen molar-refractivity contribution < 1.29 is 34.5 Å². The van der Waals surface area contributed by atoms with Crippen LogP contribution < -0.4 is 33.1 Å². The SMILES string of the molecule is CC(C)(C)c1cc(CCC(=O)NN=C(N)c2c(C(=O)O)cc(C(=O)NNC(=O)CCc3cc(C(C)(C)C)c(O)c(C(C)(C)C)c3)c3c4ccc(c(=O)[nH]c4=O)c23)cc(C(C)(C)C)c1O. The number of carboxylic acid groups (broad SMARTS) is 1. The third-order valence-electron chi connectivity index (χ3n) is 11.2. The molecule has 0 aliphatic carbocycles. The van der Waals surface area contributed by atoms with Gasteiger partial charge in [0.25, 0.3) is 17.0 Å². The highest BCUT2D eigenvalue weighted by atomic mass is 16.4. The Morgan fingerprint density at radius 2 is 1.02 bits per heavy atom. The van der Waals surface area contributed by atoms with E-state index in [-0.39, 0.29) is 91.5 Å². The fourth-order valence-electron chi connectivity index (χ4n) is 7.77. The number of aromatic hydroxyl groups is 2. The summed E-state index contributed by atoms with van der Waals surface area (Å²) in [6.45, 7) is 23.8. The van der Waals surface area contributed by atoms with Gasteiger partial charge in [0.1, 0.15) is 11.5 Å². The van der Waals surface area contributed by atoms with Crippen molar-refractivity contribution in [2.24, 2.45) is 10.8 Å². The van der Waals surface area contributed by atoms with E-state index in [9.17, 15) is 44.1 Å². The number of aromatic amines is 1. The highest BCUT2D eigenvalue weighted by Crippen LogP contribution is 2.41. The topological polar surface area (TPSA) is 253 Å². The summed E-state index contributed by atoms with van der Waals surface area (Å²) >= 11 is 0. The average Bonchev–Trinajstić information content (AvgIpc) is 3.38. The first-order chi connectivity index (χ1) is 29.4. The lowest BCUT2D eigenvalue weighted by Crippen LogP contribution is -2.42. The van der Waals surface area contributed by atoms with Crippen LogP contribution in [0.25, 0.3) is 21.5 Å². The number of amides is 3. The second kappa shape index (κ2) is 17.4. The Labute approximate surface area is 371 Å². The van der Waals surface area contributed by atoms with Gasteiger partial charge in [-0.25, -0.2) is 10.2 Å². The summed E-state index contributed by atoms with van der Waals surface area (Å²) in [4.78, 5) is 82.0. The molecule has 2 aromatic heterocycles. The normalized spacial score (nSPS) is 12.7. The highest BCUT2D eigenvalue weighted by Gasteiger charge is 2.30. The molecule has 0 atom stereocenters. The standard InChI is InChI=1S/C49H60N6O9/c1-46(2,3)30-19-24(20-31(39(30)58)47(4,5)6)13-17-34(56)52-54-41(50)38-29(45(63)64)23-28(36-26-15-16-27(37(36)38)43(61)51-42(26)60)44(62)55-53-35(57)18-14-25-21-32(48(7,8)9)40(59)33(22-25)49(10,11)12/h15-16,19-23,58-59H,13-14,17-18H2,1-12H3,(H2,50,54)(H,52,56)(H,53,57)(H,55,62)(H,63,64)(H,51,60,61). The zero-order chi connectivity index (χ0) is 48.0. The van der Waals surface area contributed by atoms with E-state index in [4.69, 9.17) is 5.73 Å². The highest BCUT2D eigenvalue weighted by molar-refractivity contribution is 6.27. The molecule has 0 saturated carbocycles. The Morgan fingerprint density at radius 3 is 1.42 bits per heavy atom. The van der Waals surface area contributed by atoms with Gasteiger partial charge in [0.05, 0.1) is 11.1 Å². The van der Waals surface area contributed by atoms with Crippen molar-refractivity contribution in [1.82, 2.24) is 21.3 Å². The number of aryl methyl sites for hydroxylation is 2. The Balaban J connectivity index is 1.45. The quantitative estimate of drug-likeness (QED) is 0.0427. The molecule has 0 fully saturated rings. The van der Waals surface area contributed by atoms with Crippen LogP contribution in [-0.2, 0) is 44.1 Å². The van der Waals surface area contributed by atoms with Crippen LogP contribution in [0.4, 0.5) is 0 Å². The van der Waals surface area contributed by atoms with Gasteiger partial charge in [-0.3, -0.25) is 39.8 Å². The van der Waals surface area contributed by atoms with Crippen molar-refractivity contribution in [2.45, 2.75) is 130 Å². The predicted molar refractivity (Wildman–Crippen MR) is 249 cm³/mol. The average molecular weight is 877 g/mol. The molecule has 0 aliphatic rings. The van der Waals surface area contributed by atoms with Gasteiger partial charge in [0, 0.05) is 39.9 Å². The third kappa shape index (κ3) is 10.2. The minimum atomic E-state index is -1.57. The van der Waals surface area contributed by atoms with E-state index in [0.29, 0.717) is 0 Å². The molecule has 2 bridgehead atoms. The number of nitrogens with two attached hydrogens (primary N) is 1. The van der Waals surface area contributed by atoms with Gasteiger partial charge >= 0.3 is 5.97 Å². The Bertz CT molecular complexity index is 2780. The van der Waals surface area contributed by atoms with Gasteiger partial charge in [-0.1, -0.05) is 107 Å². The number of nitrogens with zero attached hydrogens (tertiary/aromatic N) is 1. The van der Waals surface area contributed by atoms with Crippen LogP contribution in [0.1, 0.15) is 156 Å². The summed E-state index contributed by atoms with van der Waals surface area (Å²) < 4.78 is 0. The van der Waals surface area contributed by atoms with Crippen LogP contribution in [0, 0.1) is 0 Å². The molecular weight excluding hydrogens is 817 g/mol. The maximum Gasteiger partial charge on any atom is 0.336 e. The first-order valence-corrected chi connectivity index (χ1v) is 21.1. The number of phenols is 2. The number of amidine groups is 1. The van der Waals surface area contributed by atoms with Crippen LogP contribution in [0.3, 0.4) is 0 Å². The van der Waals surface area contributed by atoms with E-state index in [1.807, 2.05) is 107 Å². The molecule has 0 aliphatic heterocycles. The summed E-state index contributed by atoms with van der Waals surface area (Å²) in [5, 5.41) is 36.0. The summed E-state index contributed by atoms with van der Waals surface area (Å²) in [7, 11) is 0. The molecule has 3 amide bonds. The molecule has 15 heteroatoms. The van der Waals surface area contributed by atoms with Gasteiger partial charge in [-0.2, -0.15) is 5.10 Å². The number of aromatic nitrogens is 1. The molecule has 0 unspecified atom stereocenters. The predicted octanol–water partition coefficient (Wildman–Crippen LogP) is 6.54. The van der Waals surface area contributed by atoms with E-state index >= 15 is 0 Å². The smallest absolute Gasteiger partial charge is 0.336 e. The van der Waals surface area contributed by atoms with Crippen LogP contribution in [0.5, 0.6) is 11.5 Å². The van der Waals surface area contributed by atoms with E-state index in [2.05, 4.69) is 26.4 Å². The minimum Gasteiger partial charge on any atom is -0.507 e. The van der Waals surface area contributed by atoms with Crippen LogP contribution in [0.15, 0.2) is 57.2 Å². The van der Waals surface area contributed by atoms with Crippen LogP contribution in [0.2, 0.25) is 0 Å². The Morgan fingerprint density at radius 1 is 0.609 bits per heavy atom. The summed E-state index contributed by atoms with van der Waals surface area (Å²) in [5.41, 5.74) is 13.4. The largest absolute Gasteiger partial charge is 0.507 e.